The van der Waals surface area contributed by atoms with Gasteiger partial charge in [0.15, 0.2) is 5.60 Å². The summed E-state index contributed by atoms with van der Waals surface area (Å²) in [5.41, 5.74) is 1.65. The van der Waals surface area contributed by atoms with Gasteiger partial charge in [-0.25, -0.2) is 0 Å². The van der Waals surface area contributed by atoms with Gasteiger partial charge in [0, 0.05) is 37.0 Å². The SMILES string of the molecule is CCCCO[C@@H]1[C@@H](OCCCC)[C@@]2(c3ccc(Cl)c(Cc4ccc(OCC)cc4)c3)OC[C@](C(O)CNC)(O2)[C@H]1OCCCC. The number of hydrogen-bond acceptors (Lipinski definition) is 8. The van der Waals surface area contributed by atoms with Gasteiger partial charge in [0.1, 0.15) is 30.2 Å². The van der Waals surface area contributed by atoms with Crippen LogP contribution >= 0.6 is 11.6 Å². The lowest BCUT2D eigenvalue weighted by Gasteiger charge is -2.52. The van der Waals surface area contributed by atoms with Crippen molar-refractivity contribution in [2.75, 3.05) is 46.6 Å². The quantitative estimate of drug-likeness (QED) is 0.159. The fraction of sp³-hybridized carbons (Fsp3) is 0.667. The van der Waals surface area contributed by atoms with Crippen molar-refractivity contribution in [2.24, 2.45) is 0 Å². The minimum Gasteiger partial charge on any atom is -0.494 e. The van der Waals surface area contributed by atoms with E-state index in [9.17, 15) is 5.11 Å². The Hall–Kier alpha value is -1.75. The van der Waals surface area contributed by atoms with Crippen LogP contribution in [0.1, 0.15) is 82.9 Å². The van der Waals surface area contributed by atoms with Crippen molar-refractivity contribution in [3.05, 3.63) is 64.2 Å². The summed E-state index contributed by atoms with van der Waals surface area (Å²) in [6, 6.07) is 14.0. The van der Waals surface area contributed by atoms with E-state index in [0.29, 0.717) is 44.4 Å². The van der Waals surface area contributed by atoms with Crippen molar-refractivity contribution >= 4 is 11.6 Å². The number of hydrogen-bond donors (Lipinski definition) is 2. The Kier molecular flexibility index (Phi) is 14.0. The molecular formula is C36H54ClNO7. The molecule has 0 radical (unpaired) electrons. The van der Waals surface area contributed by atoms with Crippen LogP contribution in [0.3, 0.4) is 0 Å². The summed E-state index contributed by atoms with van der Waals surface area (Å²) in [6.45, 7) is 11.0. The summed E-state index contributed by atoms with van der Waals surface area (Å²) in [5.74, 6) is -0.495. The van der Waals surface area contributed by atoms with Crippen molar-refractivity contribution in [1.82, 2.24) is 5.32 Å². The fourth-order valence-corrected chi connectivity index (χ4v) is 6.41. The highest BCUT2D eigenvalue weighted by Crippen LogP contribution is 2.54. The number of unbranched alkanes of at least 4 members (excludes halogenated alkanes) is 3. The molecule has 0 aliphatic carbocycles. The van der Waals surface area contributed by atoms with Gasteiger partial charge in [-0.2, -0.15) is 0 Å². The van der Waals surface area contributed by atoms with Gasteiger partial charge >= 0.3 is 0 Å². The van der Waals surface area contributed by atoms with E-state index >= 15 is 0 Å². The first kappa shape index (κ1) is 36.1. The van der Waals surface area contributed by atoms with Crippen molar-refractivity contribution < 1.29 is 33.5 Å². The van der Waals surface area contributed by atoms with E-state index in [0.717, 1.165) is 61.0 Å². The van der Waals surface area contributed by atoms with Gasteiger partial charge in [0.25, 0.3) is 0 Å². The Bertz CT molecular complexity index is 1170. The molecular weight excluding hydrogens is 594 g/mol. The highest BCUT2D eigenvalue weighted by atomic mass is 35.5. The first-order chi connectivity index (χ1) is 21.9. The van der Waals surface area contributed by atoms with E-state index in [2.05, 4.69) is 44.3 Å². The molecule has 8 nitrogen and oxygen atoms in total. The zero-order chi connectivity index (χ0) is 32.3. The van der Waals surface area contributed by atoms with Gasteiger partial charge in [-0.3, -0.25) is 0 Å². The number of nitrogens with one attached hydrogen (secondary N) is 1. The molecule has 2 aliphatic rings. The third-order valence-electron chi connectivity index (χ3n) is 8.74. The van der Waals surface area contributed by atoms with Gasteiger partial charge in [-0.1, -0.05) is 69.8 Å². The standard InChI is InChI=1S/C36H54ClNO7/c1-6-10-19-41-32-33(42-20-11-7-2)35(31(39)24-38-5)25-44-36(45-35,34(32)43-21-12-8-3)28-15-18-30(37)27(23-28)22-26-13-16-29(17-14-26)40-9-4/h13-18,23,31-34,38-39H,6-12,19-22,24-25H2,1-5H3/t31?,32-,33-,34+,35+,36-/m0/s1. The predicted octanol–water partition coefficient (Wildman–Crippen LogP) is 6.42. The van der Waals surface area contributed by atoms with Gasteiger partial charge in [0.05, 0.1) is 13.2 Å². The second-order valence-corrected chi connectivity index (χ2v) is 12.5. The Balaban J connectivity index is 1.79. The maximum atomic E-state index is 11.7. The number of fused-ring (bicyclic) bond motifs is 2. The minimum absolute atomic E-state index is 0.130. The molecule has 2 bridgehead atoms. The Morgan fingerprint density at radius 2 is 1.56 bits per heavy atom. The predicted molar refractivity (Wildman–Crippen MR) is 177 cm³/mol. The maximum Gasteiger partial charge on any atom is 0.225 e. The molecule has 2 aromatic carbocycles. The van der Waals surface area contributed by atoms with Crippen LogP contribution in [0.25, 0.3) is 0 Å². The molecule has 45 heavy (non-hydrogen) atoms. The number of aliphatic hydroxyl groups is 1. The normalized spacial score (nSPS) is 26.7. The topological polar surface area (TPSA) is 87.6 Å². The van der Waals surface area contributed by atoms with Crippen LogP contribution in [-0.4, -0.2) is 81.8 Å². The largest absolute Gasteiger partial charge is 0.494 e. The molecule has 4 rings (SSSR count). The molecule has 2 saturated heterocycles. The van der Waals surface area contributed by atoms with Gasteiger partial charge < -0.3 is 38.8 Å². The number of ether oxygens (including phenoxy) is 6. The lowest BCUT2D eigenvalue weighted by Crippen LogP contribution is -2.70. The molecule has 0 aromatic heterocycles. The first-order valence-electron chi connectivity index (χ1n) is 16.9. The summed E-state index contributed by atoms with van der Waals surface area (Å²) in [6.07, 6.45) is 3.56. The van der Waals surface area contributed by atoms with Crippen LogP contribution in [0.5, 0.6) is 5.75 Å². The summed E-state index contributed by atoms with van der Waals surface area (Å²) in [4.78, 5) is 0. The first-order valence-corrected chi connectivity index (χ1v) is 17.3. The molecule has 1 unspecified atom stereocenters. The van der Waals surface area contributed by atoms with Crippen LogP contribution in [0.4, 0.5) is 0 Å². The Morgan fingerprint density at radius 3 is 2.18 bits per heavy atom. The molecule has 9 heteroatoms. The van der Waals surface area contributed by atoms with Crippen LogP contribution in [-0.2, 0) is 35.9 Å². The van der Waals surface area contributed by atoms with E-state index in [4.69, 9.17) is 40.0 Å². The summed E-state index contributed by atoms with van der Waals surface area (Å²) < 4.78 is 39.5. The second kappa shape index (κ2) is 17.4. The second-order valence-electron chi connectivity index (χ2n) is 12.1. The van der Waals surface area contributed by atoms with Crippen molar-refractivity contribution in [2.45, 2.75) is 108 Å². The molecule has 2 aliphatic heterocycles. The average molecular weight is 648 g/mol. The zero-order valence-corrected chi connectivity index (χ0v) is 28.6. The Morgan fingerprint density at radius 1 is 0.911 bits per heavy atom. The van der Waals surface area contributed by atoms with Crippen LogP contribution in [0.15, 0.2) is 42.5 Å². The lowest BCUT2D eigenvalue weighted by atomic mass is 9.79. The Labute approximate surface area is 275 Å². The molecule has 2 fully saturated rings. The smallest absolute Gasteiger partial charge is 0.225 e. The van der Waals surface area contributed by atoms with Crippen LogP contribution in [0, 0.1) is 0 Å². The molecule has 0 spiro atoms. The van der Waals surface area contributed by atoms with Gasteiger partial charge in [0.2, 0.25) is 5.79 Å². The molecule has 6 atom stereocenters. The number of benzene rings is 2. The van der Waals surface area contributed by atoms with Crippen molar-refractivity contribution in [3.8, 4) is 5.75 Å². The maximum absolute atomic E-state index is 11.7. The van der Waals surface area contributed by atoms with Crippen molar-refractivity contribution in [3.63, 3.8) is 0 Å². The molecule has 252 valence electrons. The monoisotopic (exact) mass is 647 g/mol. The molecule has 0 saturated carbocycles. The molecule has 2 heterocycles. The fourth-order valence-electron chi connectivity index (χ4n) is 6.23. The van der Waals surface area contributed by atoms with E-state index < -0.39 is 35.8 Å². The average Bonchev–Trinajstić information content (AvgIpc) is 3.41. The van der Waals surface area contributed by atoms with E-state index in [1.165, 1.54) is 0 Å². The van der Waals surface area contributed by atoms with Crippen LogP contribution in [0.2, 0.25) is 5.02 Å². The summed E-state index contributed by atoms with van der Waals surface area (Å²) in [7, 11) is 1.82. The third-order valence-corrected chi connectivity index (χ3v) is 9.11. The third kappa shape index (κ3) is 8.22. The summed E-state index contributed by atoms with van der Waals surface area (Å²) in [5, 5.41) is 15.5. The lowest BCUT2D eigenvalue weighted by molar-refractivity contribution is -0.356. The number of halogens is 1. The zero-order valence-electron chi connectivity index (χ0n) is 27.8. The van der Waals surface area contributed by atoms with Crippen LogP contribution < -0.4 is 10.1 Å². The molecule has 2 aromatic rings. The number of likely N-dealkylation sites (N-methyl/N-ethyl adjacent to an activating group) is 1. The van der Waals surface area contributed by atoms with Gasteiger partial charge in [-0.15, -0.1) is 0 Å². The summed E-state index contributed by atoms with van der Waals surface area (Å²) >= 11 is 6.80. The van der Waals surface area contributed by atoms with E-state index in [1.807, 2.05) is 38.2 Å². The highest BCUT2D eigenvalue weighted by Gasteiger charge is 2.71. The van der Waals surface area contributed by atoms with E-state index in [-0.39, 0.29) is 6.61 Å². The van der Waals surface area contributed by atoms with Gasteiger partial charge in [-0.05, 0) is 75.0 Å². The molecule has 0 amide bonds. The highest BCUT2D eigenvalue weighted by molar-refractivity contribution is 6.31. The number of rotatable bonds is 20. The minimum atomic E-state index is -1.33. The molecule has 2 N–H and O–H groups in total. The number of aliphatic hydroxyl groups excluding tert-OH is 1. The van der Waals surface area contributed by atoms with Crippen molar-refractivity contribution in [1.29, 1.82) is 0 Å². The van der Waals surface area contributed by atoms with E-state index in [1.54, 1.807) is 0 Å².